The summed E-state index contributed by atoms with van der Waals surface area (Å²) in [5.41, 5.74) is 11.9. The lowest BCUT2D eigenvalue weighted by Crippen LogP contribution is -2.54. The van der Waals surface area contributed by atoms with Gasteiger partial charge in [0.05, 0.1) is 13.6 Å². The van der Waals surface area contributed by atoms with Gasteiger partial charge in [-0.1, -0.05) is 153 Å². The first-order valence-corrected chi connectivity index (χ1v) is 22.3. The van der Waals surface area contributed by atoms with Crippen molar-refractivity contribution in [2.45, 2.75) is 70.1 Å². The Labute approximate surface area is 310 Å². The molecule has 2 unspecified atom stereocenters. The molecule has 1 aliphatic carbocycles. The van der Waals surface area contributed by atoms with Gasteiger partial charge in [-0.05, 0) is 96.1 Å². The molecular formula is C47H47ClN2Si. The normalized spacial score (nSPS) is 19.8. The van der Waals surface area contributed by atoms with Crippen LogP contribution in [0.2, 0.25) is 24.7 Å². The van der Waals surface area contributed by atoms with Crippen molar-refractivity contribution in [2.75, 3.05) is 9.80 Å². The van der Waals surface area contributed by atoms with E-state index in [1.165, 1.54) is 58.0 Å². The molecule has 2 aliphatic rings. The molecule has 1 saturated carbocycles. The number of hydrogen-bond donors (Lipinski definition) is 0. The largest absolute Gasteiger partial charge is 0.334 e. The molecule has 8 rings (SSSR count). The third kappa shape index (κ3) is 5.91. The fraction of sp³-hybridized carbons (Fsp3) is 0.234. The Kier molecular flexibility index (Phi) is 8.48. The van der Waals surface area contributed by atoms with Gasteiger partial charge < -0.3 is 9.80 Å². The van der Waals surface area contributed by atoms with Crippen LogP contribution in [0.3, 0.4) is 0 Å². The van der Waals surface area contributed by atoms with Crippen molar-refractivity contribution in [3.8, 4) is 22.3 Å². The van der Waals surface area contributed by atoms with E-state index in [0.717, 1.165) is 34.2 Å². The number of fused-ring (bicyclic) bond motifs is 3. The predicted octanol–water partition coefficient (Wildman–Crippen LogP) is 13.4. The molecule has 0 aromatic heterocycles. The van der Waals surface area contributed by atoms with Crippen LogP contribution in [0.25, 0.3) is 22.3 Å². The average molecular weight is 703 g/mol. The topological polar surface area (TPSA) is 6.48 Å². The molecule has 0 amide bonds. The molecule has 0 bridgehead atoms. The summed E-state index contributed by atoms with van der Waals surface area (Å²) >= 11 is 7.22. The lowest BCUT2D eigenvalue weighted by molar-refractivity contribution is 0.195. The van der Waals surface area contributed by atoms with Gasteiger partial charge in [0.15, 0.2) is 0 Å². The van der Waals surface area contributed by atoms with Crippen LogP contribution in [-0.2, 0) is 5.41 Å². The Balaban J connectivity index is 1.32. The van der Waals surface area contributed by atoms with Crippen molar-refractivity contribution in [2.24, 2.45) is 0 Å². The van der Waals surface area contributed by atoms with Crippen LogP contribution in [0.5, 0.6) is 0 Å². The Morgan fingerprint density at radius 3 is 1.73 bits per heavy atom. The smallest absolute Gasteiger partial charge is 0.0776 e. The van der Waals surface area contributed by atoms with Gasteiger partial charge in [0.25, 0.3) is 0 Å². The minimum atomic E-state index is -1.50. The number of benzene rings is 6. The summed E-state index contributed by atoms with van der Waals surface area (Å²) in [4.78, 5) is 5.03. The predicted molar refractivity (Wildman–Crippen MR) is 223 cm³/mol. The van der Waals surface area contributed by atoms with Crippen LogP contribution < -0.4 is 15.0 Å². The van der Waals surface area contributed by atoms with Gasteiger partial charge in [-0.3, -0.25) is 0 Å². The Morgan fingerprint density at radius 2 is 1.14 bits per heavy atom. The van der Waals surface area contributed by atoms with Crippen LogP contribution in [0.15, 0.2) is 146 Å². The maximum absolute atomic E-state index is 7.22. The molecule has 0 N–H and O–H groups in total. The van der Waals surface area contributed by atoms with Crippen molar-refractivity contribution in [3.05, 3.63) is 156 Å². The molecule has 1 heterocycles. The lowest BCUT2D eigenvalue weighted by atomic mass is 9.61. The van der Waals surface area contributed by atoms with Gasteiger partial charge in [0.1, 0.15) is 0 Å². The molecule has 2 nitrogen and oxygen atoms in total. The Hall–Kier alpha value is -4.57. The molecule has 51 heavy (non-hydrogen) atoms. The van der Waals surface area contributed by atoms with Gasteiger partial charge in [-0.25, -0.2) is 0 Å². The van der Waals surface area contributed by atoms with Crippen molar-refractivity contribution in [3.63, 3.8) is 0 Å². The fourth-order valence-corrected chi connectivity index (χ4v) is 10.2. The second-order valence-electron chi connectivity index (χ2n) is 16.0. The molecule has 256 valence electrons. The zero-order valence-electron chi connectivity index (χ0n) is 30.5. The van der Waals surface area contributed by atoms with E-state index in [-0.39, 0.29) is 11.0 Å². The molecule has 0 spiro atoms. The van der Waals surface area contributed by atoms with E-state index < -0.39 is 8.07 Å². The van der Waals surface area contributed by atoms with Gasteiger partial charge in [-0.2, -0.15) is 0 Å². The quantitative estimate of drug-likeness (QED) is 0.153. The minimum Gasteiger partial charge on any atom is -0.334 e. The summed E-state index contributed by atoms with van der Waals surface area (Å²) in [5, 5.41) is 2.27. The first-order valence-electron chi connectivity index (χ1n) is 18.4. The van der Waals surface area contributed by atoms with Gasteiger partial charge >= 0.3 is 0 Å². The van der Waals surface area contributed by atoms with E-state index in [0.29, 0.717) is 0 Å². The van der Waals surface area contributed by atoms with E-state index in [9.17, 15) is 0 Å². The van der Waals surface area contributed by atoms with Crippen LogP contribution in [0, 0.1) is 0 Å². The van der Waals surface area contributed by atoms with E-state index in [1.54, 1.807) is 0 Å². The van der Waals surface area contributed by atoms with Crippen molar-refractivity contribution in [1.82, 2.24) is 0 Å². The summed E-state index contributed by atoms with van der Waals surface area (Å²) in [6.07, 6.45) is 4.83. The maximum atomic E-state index is 7.22. The molecular weight excluding hydrogens is 656 g/mol. The zero-order chi connectivity index (χ0) is 35.4. The number of halogens is 1. The van der Waals surface area contributed by atoms with Crippen molar-refractivity contribution in [1.29, 1.82) is 0 Å². The number of anilines is 5. The lowest BCUT2D eigenvalue weighted by Gasteiger charge is -2.50. The highest BCUT2D eigenvalue weighted by Gasteiger charge is 2.57. The average Bonchev–Trinajstić information content (AvgIpc) is 3.35. The third-order valence-corrected chi connectivity index (χ3v) is 14.0. The first kappa shape index (κ1) is 33.6. The summed E-state index contributed by atoms with van der Waals surface area (Å²) in [6, 6.07) is 53.1. The Bertz CT molecular complexity index is 2130. The van der Waals surface area contributed by atoms with Crippen LogP contribution in [-0.4, -0.2) is 13.6 Å². The second kappa shape index (κ2) is 12.9. The van der Waals surface area contributed by atoms with Gasteiger partial charge in [0, 0.05) is 38.9 Å². The van der Waals surface area contributed by atoms with Crippen LogP contribution >= 0.6 is 11.6 Å². The molecule has 0 radical (unpaired) electrons. The number of rotatable bonds is 7. The van der Waals surface area contributed by atoms with Gasteiger partial charge in [-0.15, -0.1) is 0 Å². The Morgan fingerprint density at radius 1 is 0.569 bits per heavy atom. The monoisotopic (exact) mass is 702 g/mol. The molecule has 1 aliphatic heterocycles. The van der Waals surface area contributed by atoms with Crippen LogP contribution in [0.1, 0.15) is 45.1 Å². The summed E-state index contributed by atoms with van der Waals surface area (Å²) < 4.78 is 0. The highest BCUT2D eigenvalue weighted by molar-refractivity contribution is 6.88. The summed E-state index contributed by atoms with van der Waals surface area (Å²) in [7, 11) is -1.50. The summed E-state index contributed by atoms with van der Waals surface area (Å²) in [6.45, 7) is 12.4. The molecule has 4 heteroatoms. The molecule has 6 aromatic rings. The number of nitrogens with zero attached hydrogens (tertiary/aromatic N) is 2. The van der Waals surface area contributed by atoms with Crippen molar-refractivity contribution >= 4 is 53.3 Å². The van der Waals surface area contributed by atoms with Crippen LogP contribution in [0.4, 0.5) is 28.4 Å². The van der Waals surface area contributed by atoms with E-state index >= 15 is 0 Å². The zero-order valence-corrected chi connectivity index (χ0v) is 32.2. The third-order valence-electron chi connectivity index (χ3n) is 11.8. The molecule has 2 atom stereocenters. The molecule has 0 saturated heterocycles. The second-order valence-corrected chi connectivity index (χ2v) is 21.5. The molecule has 1 fully saturated rings. The highest BCUT2D eigenvalue weighted by Crippen LogP contribution is 2.61. The van der Waals surface area contributed by atoms with E-state index in [1.807, 2.05) is 0 Å². The SMILES string of the molecule is CC12CCCCC1(C)N(c1cc(Cl)cc(N(c3cccc(-c4ccccc4)c3)c3cccc(-c4ccccc4)c3)c1)c1ccc([Si](C)(C)C)cc12. The highest BCUT2D eigenvalue weighted by atomic mass is 35.5. The summed E-state index contributed by atoms with van der Waals surface area (Å²) in [5.74, 6) is 0. The van der Waals surface area contributed by atoms with Gasteiger partial charge in [0.2, 0.25) is 0 Å². The van der Waals surface area contributed by atoms with E-state index in [2.05, 4.69) is 189 Å². The first-order chi connectivity index (χ1) is 24.5. The molecule has 6 aromatic carbocycles. The number of hydrogen-bond acceptors (Lipinski definition) is 2. The maximum Gasteiger partial charge on any atom is 0.0776 e. The van der Waals surface area contributed by atoms with Crippen molar-refractivity contribution < 1.29 is 0 Å². The fourth-order valence-electron chi connectivity index (χ4n) is 8.78. The standard InChI is InChI=1S/C47H47ClN2Si/c1-46-26-12-13-27-47(46,2)50(45-25-24-43(33-44(45)46)51(3,4)5)42-31-38(48)30-41(32-42)49(39-22-14-20-36(28-39)34-16-8-6-9-17-34)40-23-15-21-37(29-40)35-18-10-7-11-19-35/h6-11,14-25,28-33H,12-13,26-27H2,1-5H3. The van der Waals surface area contributed by atoms with E-state index in [4.69, 9.17) is 11.6 Å². The minimum absolute atomic E-state index is 0.0481.